The van der Waals surface area contributed by atoms with Crippen LogP contribution in [0.15, 0.2) is 0 Å². The Bertz CT molecular complexity index is 465. The molecule has 19 heavy (non-hydrogen) atoms. The van der Waals surface area contributed by atoms with E-state index in [1.165, 1.54) is 0 Å². The zero-order valence-corrected chi connectivity index (χ0v) is 9.62. The Morgan fingerprint density at radius 2 is 2.16 bits per heavy atom. The quantitative estimate of drug-likeness (QED) is 0.499. The maximum atomic E-state index is 11.9. The summed E-state index contributed by atoms with van der Waals surface area (Å²) in [6, 6.07) is -2.05. The summed E-state index contributed by atoms with van der Waals surface area (Å²) >= 11 is 0. The van der Waals surface area contributed by atoms with Gasteiger partial charge in [-0.15, -0.1) is 0 Å². The second kappa shape index (κ2) is 4.39. The number of urea groups is 1. The largest absolute Gasteiger partial charge is 0.477 e. The van der Waals surface area contributed by atoms with Crippen LogP contribution in [-0.2, 0) is 24.0 Å². The summed E-state index contributed by atoms with van der Waals surface area (Å²) in [5.74, 6) is -3.10. The van der Waals surface area contributed by atoms with Crippen LogP contribution in [0.5, 0.6) is 0 Å². The van der Waals surface area contributed by atoms with E-state index in [1.54, 1.807) is 0 Å². The van der Waals surface area contributed by atoms with Crippen molar-refractivity contribution >= 4 is 23.9 Å². The molecular weight excluding hydrogens is 262 g/mol. The van der Waals surface area contributed by atoms with Crippen LogP contribution >= 0.6 is 0 Å². The van der Waals surface area contributed by atoms with E-state index in [0.29, 0.717) is 5.06 Å². The van der Waals surface area contributed by atoms with Crippen LogP contribution in [-0.4, -0.2) is 52.4 Å². The fourth-order valence-electron chi connectivity index (χ4n) is 1.93. The molecule has 3 amide bonds. The number of carbonyl (C=O) groups excluding carboxylic acids is 3. The van der Waals surface area contributed by atoms with Gasteiger partial charge in [0.25, 0.3) is 5.91 Å². The van der Waals surface area contributed by atoms with Gasteiger partial charge in [-0.05, 0) is 0 Å². The summed E-state index contributed by atoms with van der Waals surface area (Å²) in [6.07, 6.45) is -0.371. The van der Waals surface area contributed by atoms with Gasteiger partial charge < -0.3 is 20.9 Å². The molecule has 10 heteroatoms. The summed E-state index contributed by atoms with van der Waals surface area (Å²) in [6.45, 7) is -0.283. The smallest absolute Gasteiger partial charge is 0.372 e. The highest BCUT2D eigenvalue weighted by Gasteiger charge is 2.59. The van der Waals surface area contributed by atoms with Crippen LogP contribution in [0, 0.1) is 0 Å². The van der Waals surface area contributed by atoms with Crippen molar-refractivity contribution in [3.05, 3.63) is 0 Å². The van der Waals surface area contributed by atoms with Crippen LogP contribution < -0.4 is 11.1 Å². The predicted octanol–water partition coefficient (Wildman–Crippen LogP) is -2.08. The number of hydrogen-bond donors (Lipinski definition) is 3. The molecular formula is C9H11N3O7. The lowest BCUT2D eigenvalue weighted by molar-refractivity contribution is -0.256. The standard InChI is InChI=1S/C9H11N3O7/c10-8(17)11-4-3-18-12(6(4)14)9(7(15)16)2-1-5(13)19-9/h4H,1-3H2,(H,15,16)(H3,10,11,17)/t4-,9?/m0/s1. The molecule has 2 aliphatic rings. The van der Waals surface area contributed by atoms with E-state index in [1.807, 2.05) is 0 Å². The van der Waals surface area contributed by atoms with Gasteiger partial charge in [0.05, 0.1) is 6.42 Å². The molecule has 0 spiro atoms. The van der Waals surface area contributed by atoms with Gasteiger partial charge in [-0.2, -0.15) is 5.06 Å². The van der Waals surface area contributed by atoms with E-state index in [2.05, 4.69) is 5.32 Å². The van der Waals surface area contributed by atoms with Gasteiger partial charge in [0.2, 0.25) is 0 Å². The van der Waals surface area contributed by atoms with Gasteiger partial charge >= 0.3 is 23.7 Å². The molecule has 2 rings (SSSR count). The van der Waals surface area contributed by atoms with Crippen molar-refractivity contribution < 1.29 is 33.9 Å². The van der Waals surface area contributed by atoms with Crippen molar-refractivity contribution in [2.75, 3.05) is 6.61 Å². The highest BCUT2D eigenvalue weighted by Crippen LogP contribution is 2.33. The molecule has 10 nitrogen and oxygen atoms in total. The third-order valence-electron chi connectivity index (χ3n) is 2.80. The molecule has 0 saturated carbocycles. The third-order valence-corrected chi connectivity index (χ3v) is 2.80. The summed E-state index contributed by atoms with van der Waals surface area (Å²) in [7, 11) is 0. The molecule has 0 radical (unpaired) electrons. The summed E-state index contributed by atoms with van der Waals surface area (Å²) in [4.78, 5) is 49.9. The lowest BCUT2D eigenvalue weighted by Gasteiger charge is -2.30. The fourth-order valence-corrected chi connectivity index (χ4v) is 1.93. The Balaban J connectivity index is 2.21. The molecule has 0 aliphatic carbocycles. The van der Waals surface area contributed by atoms with Crippen LogP contribution in [0.2, 0.25) is 0 Å². The second-order valence-corrected chi connectivity index (χ2v) is 4.05. The summed E-state index contributed by atoms with van der Waals surface area (Å²) in [5, 5.41) is 11.7. The minimum atomic E-state index is -2.18. The number of nitrogens with two attached hydrogens (primary N) is 1. The Morgan fingerprint density at radius 3 is 2.63 bits per heavy atom. The molecule has 2 heterocycles. The topological polar surface area (TPSA) is 148 Å². The molecule has 0 bridgehead atoms. The van der Waals surface area contributed by atoms with Gasteiger partial charge in [0.15, 0.2) is 0 Å². The van der Waals surface area contributed by atoms with Gasteiger partial charge in [0.1, 0.15) is 12.6 Å². The lowest BCUT2D eigenvalue weighted by Crippen LogP contribution is -2.57. The number of cyclic esters (lactones) is 1. The first-order valence-corrected chi connectivity index (χ1v) is 5.35. The maximum absolute atomic E-state index is 11.9. The van der Waals surface area contributed by atoms with E-state index in [-0.39, 0.29) is 19.4 Å². The highest BCUT2D eigenvalue weighted by molar-refractivity contribution is 5.93. The monoisotopic (exact) mass is 273 g/mol. The van der Waals surface area contributed by atoms with Crippen molar-refractivity contribution in [1.29, 1.82) is 0 Å². The average molecular weight is 273 g/mol. The van der Waals surface area contributed by atoms with Crippen molar-refractivity contribution in [3.8, 4) is 0 Å². The molecule has 0 aromatic carbocycles. The second-order valence-electron chi connectivity index (χ2n) is 4.05. The zero-order valence-electron chi connectivity index (χ0n) is 9.62. The molecule has 2 atom stereocenters. The number of carboxylic acid groups (broad SMARTS) is 1. The Labute approximate surface area is 106 Å². The maximum Gasteiger partial charge on any atom is 0.372 e. The Hall–Kier alpha value is -2.36. The first-order chi connectivity index (χ1) is 8.86. The van der Waals surface area contributed by atoms with Crippen molar-refractivity contribution in [2.45, 2.75) is 24.6 Å². The molecule has 0 aromatic heterocycles. The normalized spacial score (nSPS) is 30.3. The van der Waals surface area contributed by atoms with E-state index in [0.717, 1.165) is 0 Å². The number of nitrogens with zero attached hydrogens (tertiary/aromatic N) is 1. The van der Waals surface area contributed by atoms with Crippen LogP contribution in [0.3, 0.4) is 0 Å². The number of amides is 3. The molecule has 2 saturated heterocycles. The number of carbonyl (C=O) groups is 4. The molecule has 104 valence electrons. The number of aliphatic carboxylic acids is 1. The van der Waals surface area contributed by atoms with Gasteiger partial charge in [-0.3, -0.25) is 14.4 Å². The first-order valence-electron chi connectivity index (χ1n) is 5.35. The summed E-state index contributed by atoms with van der Waals surface area (Å²) < 4.78 is 4.72. The predicted molar refractivity (Wildman–Crippen MR) is 55.0 cm³/mol. The van der Waals surface area contributed by atoms with Crippen LogP contribution in [0.1, 0.15) is 12.8 Å². The number of hydroxylamine groups is 2. The number of ether oxygens (including phenoxy) is 1. The molecule has 1 unspecified atom stereocenters. The lowest BCUT2D eigenvalue weighted by atomic mass is 10.1. The van der Waals surface area contributed by atoms with Crippen molar-refractivity contribution in [2.24, 2.45) is 5.73 Å². The SMILES string of the molecule is NC(=O)N[C@H]1CON(C2(C(=O)O)CCC(=O)O2)C1=O. The number of primary amides is 1. The van der Waals surface area contributed by atoms with E-state index in [4.69, 9.17) is 20.4 Å². The minimum Gasteiger partial charge on any atom is -0.477 e. The minimum absolute atomic E-state index is 0.145. The fraction of sp³-hybridized carbons (Fsp3) is 0.556. The van der Waals surface area contributed by atoms with Crippen molar-refractivity contribution in [3.63, 3.8) is 0 Å². The van der Waals surface area contributed by atoms with E-state index >= 15 is 0 Å². The Morgan fingerprint density at radius 1 is 1.47 bits per heavy atom. The first kappa shape index (κ1) is 13.1. The molecule has 0 aromatic rings. The zero-order chi connectivity index (χ0) is 14.2. The van der Waals surface area contributed by atoms with Crippen LogP contribution in [0.4, 0.5) is 4.79 Å². The van der Waals surface area contributed by atoms with E-state index in [9.17, 15) is 19.2 Å². The highest BCUT2D eigenvalue weighted by atomic mass is 16.7. The van der Waals surface area contributed by atoms with Gasteiger partial charge in [0, 0.05) is 6.42 Å². The van der Waals surface area contributed by atoms with Crippen molar-refractivity contribution in [1.82, 2.24) is 10.4 Å². The third kappa shape index (κ3) is 2.05. The Kier molecular flexibility index (Phi) is 3.02. The average Bonchev–Trinajstić information content (AvgIpc) is 2.85. The number of rotatable bonds is 3. The van der Waals surface area contributed by atoms with Crippen LogP contribution in [0.25, 0.3) is 0 Å². The number of hydrogen-bond acceptors (Lipinski definition) is 6. The number of carboxylic acids is 1. The number of esters is 1. The van der Waals surface area contributed by atoms with Gasteiger partial charge in [-0.1, -0.05) is 0 Å². The summed E-state index contributed by atoms with van der Waals surface area (Å²) in [5.41, 5.74) is 2.69. The molecule has 2 fully saturated rings. The van der Waals surface area contributed by atoms with E-state index < -0.39 is 35.6 Å². The van der Waals surface area contributed by atoms with Gasteiger partial charge in [-0.25, -0.2) is 9.59 Å². The molecule has 2 aliphatic heterocycles. The number of nitrogens with one attached hydrogen (secondary N) is 1. The molecule has 4 N–H and O–H groups in total.